The molecule has 0 fully saturated rings. The van der Waals surface area contributed by atoms with Crippen molar-refractivity contribution in [3.63, 3.8) is 0 Å². The minimum atomic E-state index is -0.0904. The van der Waals surface area contributed by atoms with Crippen LogP contribution in [-0.2, 0) is 12.8 Å². The van der Waals surface area contributed by atoms with E-state index in [1.807, 2.05) is 11.6 Å². The van der Waals surface area contributed by atoms with Gasteiger partial charge in [0.25, 0.3) is 0 Å². The van der Waals surface area contributed by atoms with Crippen molar-refractivity contribution in [2.75, 3.05) is 0 Å². The maximum Gasteiger partial charge on any atom is 0.314 e. The number of aryl methyl sites for hydroxylation is 1. The zero-order valence-corrected chi connectivity index (χ0v) is 11.2. The van der Waals surface area contributed by atoms with E-state index in [2.05, 4.69) is 23.0 Å². The summed E-state index contributed by atoms with van der Waals surface area (Å²) in [7, 11) is 1.86. The Kier molecular flexibility index (Phi) is 3.87. The molecule has 2 aromatic rings. The van der Waals surface area contributed by atoms with Crippen LogP contribution in [0.3, 0.4) is 0 Å². The standard InChI is InChI=1S/C10H10N4O2S2/c1-13-6-11-12-10(13)18-5-7-2-3-9(15)8(4-7)14(16)17/h2-4,6H,5H2,1H3,(H-,15,16,17)/p+1. The highest BCUT2D eigenvalue weighted by molar-refractivity contribution is 7.98. The highest BCUT2D eigenvalue weighted by Gasteiger charge is 2.16. The Bertz CT molecular complexity index is 585. The molecule has 18 heavy (non-hydrogen) atoms. The topological polar surface area (TPSA) is 71.0 Å². The Morgan fingerprint density at radius 3 is 2.94 bits per heavy atom. The van der Waals surface area contributed by atoms with E-state index in [-0.39, 0.29) is 11.4 Å². The molecule has 0 radical (unpaired) electrons. The SMILES string of the molecule is Cn1cnnc1SCc1ccc(O)c([N+](=O)S)c1. The first kappa shape index (κ1) is 12.9. The minimum Gasteiger partial charge on any atom is -0.502 e. The van der Waals surface area contributed by atoms with Crippen LogP contribution in [0.25, 0.3) is 0 Å². The van der Waals surface area contributed by atoms with Crippen molar-refractivity contribution >= 4 is 30.3 Å². The maximum absolute atomic E-state index is 11.1. The van der Waals surface area contributed by atoms with Crippen LogP contribution in [0, 0.1) is 4.91 Å². The molecular weight excluding hydrogens is 272 g/mol. The van der Waals surface area contributed by atoms with E-state index in [0.29, 0.717) is 9.92 Å². The summed E-state index contributed by atoms with van der Waals surface area (Å²) in [5, 5.41) is 18.0. The summed E-state index contributed by atoms with van der Waals surface area (Å²) in [6.45, 7) is 0. The van der Waals surface area contributed by atoms with Crippen molar-refractivity contribution in [1.82, 2.24) is 14.8 Å². The van der Waals surface area contributed by atoms with Crippen LogP contribution in [-0.4, -0.2) is 24.0 Å². The second-order valence-corrected chi connectivity index (χ2v) is 4.91. The van der Waals surface area contributed by atoms with Crippen molar-refractivity contribution in [3.05, 3.63) is 35.0 Å². The molecule has 94 valence electrons. The Balaban J connectivity index is 2.13. The van der Waals surface area contributed by atoms with Gasteiger partial charge in [0, 0.05) is 23.8 Å². The maximum atomic E-state index is 11.1. The number of aromatic hydroxyl groups is 1. The van der Waals surface area contributed by atoms with Crippen molar-refractivity contribution < 1.29 is 9.27 Å². The number of rotatable bonds is 4. The van der Waals surface area contributed by atoms with E-state index in [1.165, 1.54) is 17.8 Å². The average Bonchev–Trinajstić information content (AvgIpc) is 2.73. The van der Waals surface area contributed by atoms with Gasteiger partial charge in [0.1, 0.15) is 10.5 Å². The van der Waals surface area contributed by atoms with Crippen LogP contribution in [0.5, 0.6) is 5.75 Å². The summed E-state index contributed by atoms with van der Waals surface area (Å²) in [4.78, 5) is 11.1. The van der Waals surface area contributed by atoms with Gasteiger partial charge in [-0.2, -0.15) is 0 Å². The second-order valence-electron chi connectivity index (χ2n) is 3.61. The number of nitrogens with zero attached hydrogens (tertiary/aromatic N) is 4. The van der Waals surface area contributed by atoms with Gasteiger partial charge >= 0.3 is 5.69 Å². The third-order valence-corrected chi connectivity index (χ3v) is 3.60. The van der Waals surface area contributed by atoms with Crippen molar-refractivity contribution in [1.29, 1.82) is 0 Å². The summed E-state index contributed by atoms with van der Waals surface area (Å²) in [6.07, 6.45) is 1.62. The largest absolute Gasteiger partial charge is 0.502 e. The van der Waals surface area contributed by atoms with E-state index in [9.17, 15) is 10.0 Å². The third kappa shape index (κ3) is 2.82. The molecule has 0 aliphatic heterocycles. The Hall–Kier alpha value is -1.54. The molecule has 0 saturated carbocycles. The van der Waals surface area contributed by atoms with Crippen LogP contribution in [0.1, 0.15) is 5.56 Å². The Labute approximate surface area is 113 Å². The van der Waals surface area contributed by atoms with Crippen LogP contribution < -0.4 is 0 Å². The lowest BCUT2D eigenvalue weighted by Gasteiger charge is -2.01. The summed E-state index contributed by atoms with van der Waals surface area (Å²) in [6, 6.07) is 4.82. The molecule has 6 nitrogen and oxygen atoms in total. The zero-order valence-electron chi connectivity index (χ0n) is 9.52. The van der Waals surface area contributed by atoms with Crippen molar-refractivity contribution in [2.24, 2.45) is 7.05 Å². The first-order valence-electron chi connectivity index (χ1n) is 5.02. The number of benzene rings is 1. The van der Waals surface area contributed by atoms with E-state index >= 15 is 0 Å². The van der Waals surface area contributed by atoms with Gasteiger partial charge in [0.15, 0.2) is 10.9 Å². The zero-order chi connectivity index (χ0) is 13.1. The van der Waals surface area contributed by atoms with Gasteiger partial charge in [0.05, 0.1) is 0 Å². The fourth-order valence-electron chi connectivity index (χ4n) is 1.36. The molecule has 1 heterocycles. The van der Waals surface area contributed by atoms with Gasteiger partial charge in [0.2, 0.25) is 12.8 Å². The molecule has 1 aromatic heterocycles. The van der Waals surface area contributed by atoms with Crippen molar-refractivity contribution in [2.45, 2.75) is 10.9 Å². The van der Waals surface area contributed by atoms with E-state index < -0.39 is 0 Å². The molecule has 0 saturated heterocycles. The highest BCUT2D eigenvalue weighted by atomic mass is 32.2. The van der Waals surface area contributed by atoms with E-state index in [1.54, 1.807) is 18.5 Å². The summed E-state index contributed by atoms with van der Waals surface area (Å²) >= 11 is 5.13. The number of aromatic nitrogens is 3. The lowest BCUT2D eigenvalue weighted by atomic mass is 10.2. The number of thiol groups is 1. The van der Waals surface area contributed by atoms with Gasteiger partial charge < -0.3 is 9.67 Å². The van der Waals surface area contributed by atoms with Crippen LogP contribution in [0.2, 0.25) is 0 Å². The Morgan fingerprint density at radius 1 is 1.56 bits per heavy atom. The highest BCUT2D eigenvalue weighted by Crippen LogP contribution is 2.30. The number of nitroso groups, excluding NO2 is 1. The number of hydrogen-bond donors (Lipinski definition) is 2. The molecule has 1 N–H and O–H groups in total. The molecule has 0 amide bonds. The molecular formula is C10H11N4O2S2+. The fraction of sp³-hybridized carbons (Fsp3) is 0.200. The molecule has 0 spiro atoms. The summed E-state index contributed by atoms with van der Waals surface area (Å²) in [5.41, 5.74) is 1.03. The third-order valence-electron chi connectivity index (χ3n) is 2.28. The normalized spacial score (nSPS) is 10.6. The molecule has 8 heteroatoms. The quantitative estimate of drug-likeness (QED) is 0.510. The predicted molar refractivity (Wildman–Crippen MR) is 70.9 cm³/mol. The van der Waals surface area contributed by atoms with Crippen molar-refractivity contribution in [3.8, 4) is 5.75 Å². The molecule has 0 aliphatic rings. The van der Waals surface area contributed by atoms with Gasteiger partial charge in [-0.15, -0.1) is 10.2 Å². The first-order chi connectivity index (χ1) is 8.58. The second kappa shape index (κ2) is 5.40. The molecule has 1 aromatic carbocycles. The van der Waals surface area contributed by atoms with Gasteiger partial charge in [-0.25, -0.2) is 0 Å². The number of phenolic OH excluding ortho intramolecular Hbond substituents is 1. The molecule has 0 atom stereocenters. The number of phenols is 1. The van der Waals surface area contributed by atoms with Gasteiger partial charge in [-0.3, -0.25) is 0 Å². The fourth-order valence-corrected chi connectivity index (χ4v) is 2.35. The predicted octanol–water partition coefficient (Wildman–Crippen LogP) is 2.07. The van der Waals surface area contributed by atoms with E-state index in [0.717, 1.165) is 10.7 Å². The average molecular weight is 283 g/mol. The Morgan fingerprint density at radius 2 is 2.33 bits per heavy atom. The minimum absolute atomic E-state index is 0.0904. The van der Waals surface area contributed by atoms with Crippen LogP contribution in [0.4, 0.5) is 5.69 Å². The summed E-state index contributed by atoms with van der Waals surface area (Å²) in [5.74, 6) is 0.536. The molecule has 0 bridgehead atoms. The van der Waals surface area contributed by atoms with Crippen LogP contribution >= 0.6 is 24.6 Å². The lowest BCUT2D eigenvalue weighted by molar-refractivity contribution is -0.260. The number of hydrogen-bond acceptors (Lipinski definition) is 5. The molecule has 0 aliphatic carbocycles. The van der Waals surface area contributed by atoms with Gasteiger partial charge in [-0.1, -0.05) is 17.8 Å². The molecule has 0 unspecified atom stereocenters. The van der Waals surface area contributed by atoms with E-state index in [4.69, 9.17) is 0 Å². The van der Waals surface area contributed by atoms with Crippen LogP contribution in [0.15, 0.2) is 29.7 Å². The van der Waals surface area contributed by atoms with Gasteiger partial charge in [-0.05, 0) is 11.6 Å². The number of thioether (sulfide) groups is 1. The lowest BCUT2D eigenvalue weighted by Crippen LogP contribution is -1.91. The first-order valence-corrected chi connectivity index (χ1v) is 6.41. The summed E-state index contributed by atoms with van der Waals surface area (Å²) < 4.78 is 2.15. The molecule has 2 rings (SSSR count). The smallest absolute Gasteiger partial charge is 0.314 e. The monoisotopic (exact) mass is 283 g/mol.